The van der Waals surface area contributed by atoms with Gasteiger partial charge in [0.15, 0.2) is 0 Å². The fourth-order valence-corrected chi connectivity index (χ4v) is 4.45. The minimum atomic E-state index is 0.236. The van der Waals surface area contributed by atoms with Crippen molar-refractivity contribution in [3.8, 4) is 0 Å². The first-order chi connectivity index (χ1) is 11.3. The highest BCUT2D eigenvalue weighted by molar-refractivity contribution is 5.82. The van der Waals surface area contributed by atoms with Crippen LogP contribution in [-0.4, -0.2) is 50.3 Å². The highest BCUT2D eigenvalue weighted by Gasteiger charge is 2.59. The Kier molecular flexibility index (Phi) is 4.12. The Morgan fingerprint density at radius 3 is 2.70 bits per heavy atom. The standard InChI is InChI=1S/C19H25NO3/c1-22-17-7-8-20(19(21)18-15-11-23-12-16(15)18)10-14(17)9-13-5-3-2-4-6-13/h2-6,14-18H,7-12H2,1H3/t14-,15-,16+,17-,18?/m1/s1. The summed E-state index contributed by atoms with van der Waals surface area (Å²) in [6.07, 6.45) is 2.17. The molecule has 4 nitrogen and oxygen atoms in total. The molecule has 1 amide bonds. The number of fused-ring (bicyclic) bond motifs is 1. The van der Waals surface area contributed by atoms with Gasteiger partial charge in [-0.15, -0.1) is 0 Å². The number of hydrogen-bond acceptors (Lipinski definition) is 3. The van der Waals surface area contributed by atoms with Gasteiger partial charge in [-0.05, 0) is 30.2 Å². The first-order valence-electron chi connectivity index (χ1n) is 8.71. The summed E-state index contributed by atoms with van der Waals surface area (Å²) in [4.78, 5) is 14.9. The minimum Gasteiger partial charge on any atom is -0.381 e. The first kappa shape index (κ1) is 15.2. The molecule has 0 N–H and O–H groups in total. The van der Waals surface area contributed by atoms with Crippen LogP contribution in [0.5, 0.6) is 0 Å². The van der Waals surface area contributed by atoms with Crippen molar-refractivity contribution >= 4 is 5.91 Å². The van der Waals surface area contributed by atoms with Crippen LogP contribution in [0.3, 0.4) is 0 Å². The van der Waals surface area contributed by atoms with Gasteiger partial charge in [-0.3, -0.25) is 4.79 Å². The molecule has 0 radical (unpaired) electrons. The van der Waals surface area contributed by atoms with E-state index in [0.717, 1.165) is 39.1 Å². The summed E-state index contributed by atoms with van der Waals surface area (Å²) >= 11 is 0. The van der Waals surface area contributed by atoms with Crippen LogP contribution in [0.4, 0.5) is 0 Å². The van der Waals surface area contributed by atoms with E-state index in [1.807, 2.05) is 6.07 Å². The maximum Gasteiger partial charge on any atom is 0.226 e. The van der Waals surface area contributed by atoms with E-state index in [4.69, 9.17) is 9.47 Å². The quantitative estimate of drug-likeness (QED) is 0.853. The third-order valence-electron chi connectivity index (χ3n) is 5.86. The largest absolute Gasteiger partial charge is 0.381 e. The van der Waals surface area contributed by atoms with Crippen molar-refractivity contribution in [2.75, 3.05) is 33.4 Å². The van der Waals surface area contributed by atoms with Crippen molar-refractivity contribution in [3.05, 3.63) is 35.9 Å². The van der Waals surface area contributed by atoms with E-state index < -0.39 is 0 Å². The summed E-state index contributed by atoms with van der Waals surface area (Å²) in [5, 5.41) is 0. The van der Waals surface area contributed by atoms with Crippen LogP contribution in [0.15, 0.2) is 30.3 Å². The summed E-state index contributed by atoms with van der Waals surface area (Å²) in [5.74, 6) is 1.97. The zero-order chi connectivity index (χ0) is 15.8. The Morgan fingerprint density at radius 1 is 1.26 bits per heavy atom. The van der Waals surface area contributed by atoms with Gasteiger partial charge in [0.25, 0.3) is 0 Å². The van der Waals surface area contributed by atoms with E-state index >= 15 is 0 Å². The van der Waals surface area contributed by atoms with Crippen LogP contribution in [-0.2, 0) is 20.7 Å². The summed E-state index contributed by atoms with van der Waals surface area (Å²) in [5.41, 5.74) is 1.32. The van der Waals surface area contributed by atoms with E-state index in [-0.39, 0.29) is 12.0 Å². The van der Waals surface area contributed by atoms with Crippen molar-refractivity contribution in [2.24, 2.45) is 23.7 Å². The molecule has 23 heavy (non-hydrogen) atoms. The van der Waals surface area contributed by atoms with Crippen LogP contribution in [0.25, 0.3) is 0 Å². The number of rotatable bonds is 4. The van der Waals surface area contributed by atoms with Gasteiger partial charge in [0.05, 0.1) is 19.3 Å². The molecule has 4 heteroatoms. The Balaban J connectivity index is 1.41. The normalized spacial score (nSPS) is 35.9. The number of carbonyl (C=O) groups excluding carboxylic acids is 1. The number of hydrogen-bond donors (Lipinski definition) is 0. The lowest BCUT2D eigenvalue weighted by Crippen LogP contribution is -2.48. The fourth-order valence-electron chi connectivity index (χ4n) is 4.45. The summed E-state index contributed by atoms with van der Waals surface area (Å²) in [6.45, 7) is 3.22. The van der Waals surface area contributed by atoms with E-state index in [2.05, 4.69) is 29.2 Å². The molecule has 5 atom stereocenters. The Bertz CT molecular complexity index is 551. The number of amides is 1. The highest BCUT2D eigenvalue weighted by atomic mass is 16.5. The monoisotopic (exact) mass is 315 g/mol. The van der Waals surface area contributed by atoms with Gasteiger partial charge in [0.1, 0.15) is 0 Å². The second kappa shape index (κ2) is 6.25. The van der Waals surface area contributed by atoms with Crippen LogP contribution in [0.1, 0.15) is 12.0 Å². The molecule has 1 unspecified atom stereocenters. The zero-order valence-corrected chi connectivity index (χ0v) is 13.7. The second-order valence-corrected chi connectivity index (χ2v) is 7.19. The Labute approximate surface area is 137 Å². The van der Waals surface area contributed by atoms with Crippen molar-refractivity contribution < 1.29 is 14.3 Å². The molecule has 1 aromatic rings. The molecule has 4 rings (SSSR count). The Morgan fingerprint density at radius 2 is 2.00 bits per heavy atom. The van der Waals surface area contributed by atoms with Gasteiger partial charge in [0, 0.05) is 32.0 Å². The van der Waals surface area contributed by atoms with Gasteiger partial charge in [0.2, 0.25) is 5.91 Å². The van der Waals surface area contributed by atoms with Crippen LogP contribution in [0, 0.1) is 23.7 Å². The smallest absolute Gasteiger partial charge is 0.226 e. The highest BCUT2D eigenvalue weighted by Crippen LogP contribution is 2.51. The summed E-state index contributed by atoms with van der Waals surface area (Å²) in [7, 11) is 1.79. The topological polar surface area (TPSA) is 38.8 Å². The number of likely N-dealkylation sites (tertiary alicyclic amines) is 1. The number of benzene rings is 1. The van der Waals surface area contributed by atoms with E-state index in [9.17, 15) is 4.79 Å². The lowest BCUT2D eigenvalue weighted by molar-refractivity contribution is -0.138. The van der Waals surface area contributed by atoms with Crippen molar-refractivity contribution in [1.29, 1.82) is 0 Å². The zero-order valence-electron chi connectivity index (χ0n) is 13.7. The fraction of sp³-hybridized carbons (Fsp3) is 0.632. The van der Waals surface area contributed by atoms with Crippen molar-refractivity contribution in [1.82, 2.24) is 4.90 Å². The average Bonchev–Trinajstić information content (AvgIpc) is 3.06. The molecule has 3 aliphatic rings. The molecule has 0 spiro atoms. The first-order valence-corrected chi connectivity index (χ1v) is 8.71. The molecular formula is C19H25NO3. The molecule has 124 valence electrons. The SMILES string of the molecule is CO[C@@H]1CCN(C(=O)C2[C@H]3COC[C@@H]23)C[C@H]1Cc1ccccc1. The van der Waals surface area contributed by atoms with Crippen molar-refractivity contribution in [2.45, 2.75) is 18.9 Å². The van der Waals surface area contributed by atoms with Gasteiger partial charge >= 0.3 is 0 Å². The van der Waals surface area contributed by atoms with Gasteiger partial charge < -0.3 is 14.4 Å². The number of carbonyl (C=O) groups is 1. The van der Waals surface area contributed by atoms with Gasteiger partial charge in [-0.1, -0.05) is 30.3 Å². The van der Waals surface area contributed by atoms with Gasteiger partial charge in [-0.2, -0.15) is 0 Å². The molecule has 3 fully saturated rings. The van der Waals surface area contributed by atoms with E-state index in [1.165, 1.54) is 5.56 Å². The van der Waals surface area contributed by atoms with Crippen LogP contribution < -0.4 is 0 Å². The molecule has 1 aromatic carbocycles. The molecule has 2 saturated heterocycles. The molecule has 1 saturated carbocycles. The third-order valence-corrected chi connectivity index (χ3v) is 5.86. The maximum absolute atomic E-state index is 12.8. The number of nitrogens with zero attached hydrogens (tertiary/aromatic N) is 1. The predicted octanol–water partition coefficient (Wildman–Crippen LogP) is 1.98. The number of ether oxygens (including phenoxy) is 2. The second-order valence-electron chi connectivity index (χ2n) is 7.19. The minimum absolute atomic E-state index is 0.236. The van der Waals surface area contributed by atoms with E-state index in [0.29, 0.717) is 23.7 Å². The molecule has 0 bridgehead atoms. The number of methoxy groups -OCH3 is 1. The molecule has 2 heterocycles. The van der Waals surface area contributed by atoms with Gasteiger partial charge in [-0.25, -0.2) is 0 Å². The average molecular weight is 315 g/mol. The molecule has 0 aromatic heterocycles. The third kappa shape index (κ3) is 2.90. The number of piperidine rings is 1. The van der Waals surface area contributed by atoms with Crippen LogP contribution in [0.2, 0.25) is 0 Å². The summed E-state index contributed by atoms with van der Waals surface area (Å²) in [6, 6.07) is 10.5. The lowest BCUT2D eigenvalue weighted by atomic mass is 9.88. The van der Waals surface area contributed by atoms with E-state index in [1.54, 1.807) is 7.11 Å². The van der Waals surface area contributed by atoms with Crippen molar-refractivity contribution in [3.63, 3.8) is 0 Å². The maximum atomic E-state index is 12.8. The molecule has 2 aliphatic heterocycles. The molecular weight excluding hydrogens is 290 g/mol. The lowest BCUT2D eigenvalue weighted by Gasteiger charge is -2.38. The van der Waals surface area contributed by atoms with Crippen LogP contribution >= 0.6 is 0 Å². The summed E-state index contributed by atoms with van der Waals surface area (Å²) < 4.78 is 11.1. The molecule has 1 aliphatic carbocycles. The Hall–Kier alpha value is -1.39. The predicted molar refractivity (Wildman–Crippen MR) is 86.9 cm³/mol.